The number of hydrogen-bond acceptors (Lipinski definition) is 3. The molecule has 1 saturated heterocycles. The molecule has 0 aliphatic carbocycles. The van der Waals surface area contributed by atoms with Crippen LogP contribution in [0.25, 0.3) is 0 Å². The van der Waals surface area contributed by atoms with Gasteiger partial charge in [0.05, 0.1) is 18.3 Å². The largest absolute Gasteiger partial charge is 0.390 e. The van der Waals surface area contributed by atoms with E-state index in [2.05, 4.69) is 0 Å². The van der Waals surface area contributed by atoms with Gasteiger partial charge in [0.1, 0.15) is 6.10 Å². The van der Waals surface area contributed by atoms with Gasteiger partial charge in [0, 0.05) is 6.42 Å². The first-order valence-corrected chi connectivity index (χ1v) is 3.63. The molecular weight excluding hydrogens is 132 g/mol. The zero-order valence-corrected chi connectivity index (χ0v) is 6.32. The Labute approximate surface area is 60.6 Å². The number of hydrogen-bond donors (Lipinski definition) is 2. The van der Waals surface area contributed by atoms with Gasteiger partial charge in [0.2, 0.25) is 0 Å². The van der Waals surface area contributed by atoms with Crippen molar-refractivity contribution in [3.63, 3.8) is 0 Å². The van der Waals surface area contributed by atoms with Crippen LogP contribution in [-0.4, -0.2) is 34.6 Å². The summed E-state index contributed by atoms with van der Waals surface area (Å²) >= 11 is 0. The molecule has 0 saturated carbocycles. The number of ether oxygens (including phenoxy) is 1. The van der Waals surface area contributed by atoms with Gasteiger partial charge >= 0.3 is 0 Å². The highest BCUT2D eigenvalue weighted by atomic mass is 16.5. The molecule has 3 nitrogen and oxygen atoms in total. The van der Waals surface area contributed by atoms with Crippen LogP contribution >= 0.6 is 0 Å². The summed E-state index contributed by atoms with van der Waals surface area (Å²) < 4.78 is 5.26. The molecule has 2 N–H and O–H groups in total. The van der Waals surface area contributed by atoms with E-state index in [4.69, 9.17) is 4.74 Å². The van der Waals surface area contributed by atoms with Crippen molar-refractivity contribution in [3.05, 3.63) is 0 Å². The molecule has 0 radical (unpaired) electrons. The van der Waals surface area contributed by atoms with Crippen LogP contribution in [0.1, 0.15) is 20.3 Å². The van der Waals surface area contributed by atoms with Crippen LogP contribution in [0.15, 0.2) is 0 Å². The summed E-state index contributed by atoms with van der Waals surface area (Å²) in [6.07, 6.45) is -0.965. The molecule has 10 heavy (non-hydrogen) atoms. The average Bonchev–Trinajstić information content (AvgIpc) is 1.82. The molecule has 60 valence electrons. The van der Waals surface area contributed by atoms with Crippen molar-refractivity contribution in [1.29, 1.82) is 0 Å². The van der Waals surface area contributed by atoms with Gasteiger partial charge in [-0.1, -0.05) is 0 Å². The van der Waals surface area contributed by atoms with Gasteiger partial charge in [-0.05, 0) is 13.8 Å². The quantitative estimate of drug-likeness (QED) is 0.502. The number of aliphatic hydroxyl groups is 2. The van der Waals surface area contributed by atoms with E-state index in [-0.39, 0.29) is 12.2 Å². The summed E-state index contributed by atoms with van der Waals surface area (Å²) in [5, 5.41) is 18.4. The van der Waals surface area contributed by atoms with E-state index in [1.807, 2.05) is 6.92 Å². The van der Waals surface area contributed by atoms with Gasteiger partial charge in [-0.15, -0.1) is 0 Å². The molecule has 0 unspecified atom stereocenters. The van der Waals surface area contributed by atoms with E-state index in [1.165, 1.54) is 0 Å². The van der Waals surface area contributed by atoms with Gasteiger partial charge in [-0.2, -0.15) is 0 Å². The van der Waals surface area contributed by atoms with Crippen molar-refractivity contribution in [2.75, 3.05) is 0 Å². The van der Waals surface area contributed by atoms with Crippen LogP contribution < -0.4 is 0 Å². The smallest absolute Gasteiger partial charge is 0.106 e. The molecule has 1 heterocycles. The molecular formula is C7H14O3. The second-order valence-electron chi connectivity index (χ2n) is 2.95. The molecule has 0 amide bonds. The average molecular weight is 146 g/mol. The molecule has 1 aliphatic rings. The minimum atomic E-state index is -0.712. The SMILES string of the molecule is C[C@@H]1O[C@@H](C)C[C@H](O)[C@H]1O. The second kappa shape index (κ2) is 2.86. The minimum Gasteiger partial charge on any atom is -0.390 e. The van der Waals surface area contributed by atoms with E-state index in [9.17, 15) is 10.2 Å². The van der Waals surface area contributed by atoms with E-state index in [0.717, 1.165) is 0 Å². The number of rotatable bonds is 0. The van der Waals surface area contributed by atoms with E-state index < -0.39 is 12.2 Å². The van der Waals surface area contributed by atoms with Gasteiger partial charge < -0.3 is 14.9 Å². The van der Waals surface area contributed by atoms with Gasteiger partial charge in [-0.3, -0.25) is 0 Å². The van der Waals surface area contributed by atoms with Crippen LogP contribution in [0, 0.1) is 0 Å². The molecule has 4 atom stereocenters. The van der Waals surface area contributed by atoms with Crippen LogP contribution in [0.2, 0.25) is 0 Å². The zero-order chi connectivity index (χ0) is 7.72. The number of aliphatic hydroxyl groups excluding tert-OH is 2. The fourth-order valence-electron chi connectivity index (χ4n) is 1.29. The highest BCUT2D eigenvalue weighted by molar-refractivity contribution is 4.80. The highest BCUT2D eigenvalue weighted by Crippen LogP contribution is 2.19. The lowest BCUT2D eigenvalue weighted by atomic mass is 10.00. The molecule has 0 aromatic rings. The Morgan fingerprint density at radius 1 is 1.30 bits per heavy atom. The van der Waals surface area contributed by atoms with Crippen molar-refractivity contribution < 1.29 is 14.9 Å². The summed E-state index contributed by atoms with van der Waals surface area (Å²) in [5.74, 6) is 0. The third-order valence-electron chi connectivity index (χ3n) is 1.90. The predicted octanol–water partition coefficient (Wildman–Crippen LogP) is -0.0945. The molecule has 3 heteroatoms. The normalized spacial score (nSPS) is 49.2. The molecule has 1 fully saturated rings. The Kier molecular flexibility index (Phi) is 2.28. The van der Waals surface area contributed by atoms with Crippen molar-refractivity contribution in [1.82, 2.24) is 0 Å². The fourth-order valence-corrected chi connectivity index (χ4v) is 1.29. The van der Waals surface area contributed by atoms with Crippen LogP contribution in [0.3, 0.4) is 0 Å². The summed E-state index contributed by atoms with van der Waals surface area (Å²) in [4.78, 5) is 0. The lowest BCUT2D eigenvalue weighted by Crippen LogP contribution is -2.45. The van der Waals surface area contributed by atoms with E-state index in [1.54, 1.807) is 6.92 Å². The van der Waals surface area contributed by atoms with E-state index in [0.29, 0.717) is 6.42 Å². The van der Waals surface area contributed by atoms with Crippen LogP contribution in [0.4, 0.5) is 0 Å². The molecule has 0 aromatic heterocycles. The highest BCUT2D eigenvalue weighted by Gasteiger charge is 2.31. The Morgan fingerprint density at radius 2 is 1.90 bits per heavy atom. The standard InChI is InChI=1S/C7H14O3/c1-4-3-6(8)7(9)5(2)10-4/h4-9H,3H2,1-2H3/t4-,5-,6-,7-/m0/s1. The molecule has 1 rings (SSSR count). The zero-order valence-electron chi connectivity index (χ0n) is 6.32. The summed E-state index contributed by atoms with van der Waals surface area (Å²) in [6, 6.07) is 0. The maximum atomic E-state index is 9.19. The van der Waals surface area contributed by atoms with Gasteiger partial charge in [0.25, 0.3) is 0 Å². The van der Waals surface area contributed by atoms with Crippen molar-refractivity contribution in [2.24, 2.45) is 0 Å². The van der Waals surface area contributed by atoms with Gasteiger partial charge in [0.15, 0.2) is 0 Å². The van der Waals surface area contributed by atoms with Gasteiger partial charge in [-0.25, -0.2) is 0 Å². The third kappa shape index (κ3) is 1.48. The maximum absolute atomic E-state index is 9.19. The first kappa shape index (κ1) is 7.98. The first-order valence-electron chi connectivity index (χ1n) is 3.63. The topological polar surface area (TPSA) is 49.7 Å². The Balaban J connectivity index is 2.49. The molecule has 1 aliphatic heterocycles. The van der Waals surface area contributed by atoms with E-state index >= 15 is 0 Å². The second-order valence-corrected chi connectivity index (χ2v) is 2.95. The molecule has 0 aromatic carbocycles. The maximum Gasteiger partial charge on any atom is 0.106 e. The summed E-state index contributed by atoms with van der Waals surface area (Å²) in [7, 11) is 0. The van der Waals surface area contributed by atoms with Crippen molar-refractivity contribution in [3.8, 4) is 0 Å². The van der Waals surface area contributed by atoms with Crippen molar-refractivity contribution in [2.45, 2.75) is 44.7 Å². The monoisotopic (exact) mass is 146 g/mol. The molecule has 0 bridgehead atoms. The lowest BCUT2D eigenvalue weighted by Gasteiger charge is -2.33. The Hall–Kier alpha value is -0.120. The van der Waals surface area contributed by atoms with Crippen LogP contribution in [0.5, 0.6) is 0 Å². The third-order valence-corrected chi connectivity index (χ3v) is 1.90. The van der Waals surface area contributed by atoms with Crippen LogP contribution in [-0.2, 0) is 4.74 Å². The van der Waals surface area contributed by atoms with Crippen molar-refractivity contribution >= 4 is 0 Å². The minimum absolute atomic E-state index is 0.0633. The summed E-state index contributed by atoms with van der Waals surface area (Å²) in [5.41, 5.74) is 0. The first-order chi connectivity index (χ1) is 4.61. The Morgan fingerprint density at radius 3 is 2.40 bits per heavy atom. The molecule has 0 spiro atoms. The summed E-state index contributed by atoms with van der Waals surface area (Å²) in [6.45, 7) is 3.66. The lowest BCUT2D eigenvalue weighted by molar-refractivity contribution is -0.156. The fraction of sp³-hybridized carbons (Fsp3) is 1.00. The Bertz CT molecular complexity index is 103. The predicted molar refractivity (Wildman–Crippen MR) is 36.6 cm³/mol.